The minimum absolute atomic E-state index is 0.0620. The molecular formula is C13H22O5. The number of aldehydes is 1. The number of carbonyl (C=O) groups excluding carboxylic acids is 2. The Morgan fingerprint density at radius 2 is 2.06 bits per heavy atom. The van der Waals surface area contributed by atoms with Crippen molar-refractivity contribution in [3.05, 3.63) is 0 Å². The van der Waals surface area contributed by atoms with Gasteiger partial charge in [-0.25, -0.2) is 0 Å². The van der Waals surface area contributed by atoms with E-state index in [2.05, 4.69) is 0 Å². The number of carbonyl (C=O) groups is 2. The molecule has 18 heavy (non-hydrogen) atoms. The van der Waals surface area contributed by atoms with Crippen LogP contribution in [0.5, 0.6) is 0 Å². The number of ether oxygens (including phenoxy) is 3. The summed E-state index contributed by atoms with van der Waals surface area (Å²) in [5, 5.41) is 0. The van der Waals surface area contributed by atoms with Crippen LogP contribution in [-0.4, -0.2) is 36.4 Å². The first-order chi connectivity index (χ1) is 8.32. The zero-order chi connectivity index (χ0) is 13.8. The molecule has 1 aliphatic heterocycles. The van der Waals surface area contributed by atoms with E-state index in [1.54, 1.807) is 0 Å². The van der Waals surface area contributed by atoms with Crippen LogP contribution in [0.2, 0.25) is 0 Å². The molecule has 1 heterocycles. The molecule has 0 radical (unpaired) electrons. The van der Waals surface area contributed by atoms with Crippen molar-refractivity contribution in [2.45, 2.75) is 71.1 Å². The molecular weight excluding hydrogens is 236 g/mol. The maximum Gasteiger partial charge on any atom is 0.302 e. The van der Waals surface area contributed by atoms with E-state index < -0.39 is 5.79 Å². The van der Waals surface area contributed by atoms with Crippen LogP contribution >= 0.6 is 0 Å². The average Bonchev–Trinajstić information content (AvgIpc) is 2.12. The van der Waals surface area contributed by atoms with Crippen LogP contribution in [0.15, 0.2) is 0 Å². The molecule has 3 atom stereocenters. The Morgan fingerprint density at radius 3 is 2.61 bits per heavy atom. The molecule has 1 saturated heterocycles. The van der Waals surface area contributed by atoms with Crippen molar-refractivity contribution in [2.24, 2.45) is 0 Å². The summed E-state index contributed by atoms with van der Waals surface area (Å²) in [6, 6.07) is 0. The first-order valence-corrected chi connectivity index (χ1v) is 6.29. The van der Waals surface area contributed by atoms with E-state index in [0.29, 0.717) is 19.3 Å². The van der Waals surface area contributed by atoms with Crippen molar-refractivity contribution in [3.8, 4) is 0 Å². The molecule has 0 aromatic heterocycles. The Hall–Kier alpha value is -0.940. The molecule has 0 spiro atoms. The van der Waals surface area contributed by atoms with E-state index >= 15 is 0 Å². The topological polar surface area (TPSA) is 61.8 Å². The number of esters is 1. The fourth-order valence-corrected chi connectivity index (χ4v) is 2.32. The van der Waals surface area contributed by atoms with Crippen molar-refractivity contribution < 1.29 is 23.8 Å². The SMILES string of the molecule is CC(=O)O[C@@H](C)C[C@H]1C[C@@H](CC=O)OC(C)(C)O1. The first-order valence-electron chi connectivity index (χ1n) is 6.29. The van der Waals surface area contributed by atoms with Crippen LogP contribution in [0.4, 0.5) is 0 Å². The highest BCUT2D eigenvalue weighted by molar-refractivity contribution is 5.66. The first kappa shape index (κ1) is 15.1. The Kier molecular flexibility index (Phi) is 5.28. The van der Waals surface area contributed by atoms with E-state index in [-0.39, 0.29) is 24.3 Å². The van der Waals surface area contributed by atoms with E-state index in [1.807, 2.05) is 20.8 Å². The Balaban J connectivity index is 2.53. The summed E-state index contributed by atoms with van der Waals surface area (Å²) in [4.78, 5) is 21.4. The highest BCUT2D eigenvalue weighted by Gasteiger charge is 2.36. The van der Waals surface area contributed by atoms with Gasteiger partial charge in [0.2, 0.25) is 0 Å². The number of rotatable bonds is 5. The van der Waals surface area contributed by atoms with Crippen molar-refractivity contribution in [3.63, 3.8) is 0 Å². The van der Waals surface area contributed by atoms with Gasteiger partial charge >= 0.3 is 5.97 Å². The van der Waals surface area contributed by atoms with Crippen molar-refractivity contribution in [1.29, 1.82) is 0 Å². The third kappa shape index (κ3) is 5.14. The summed E-state index contributed by atoms with van der Waals surface area (Å²) >= 11 is 0. The minimum Gasteiger partial charge on any atom is -0.463 e. The Morgan fingerprint density at radius 1 is 1.44 bits per heavy atom. The number of hydrogen-bond donors (Lipinski definition) is 0. The van der Waals surface area contributed by atoms with Gasteiger partial charge in [0, 0.05) is 26.2 Å². The van der Waals surface area contributed by atoms with Crippen LogP contribution in [0.3, 0.4) is 0 Å². The van der Waals surface area contributed by atoms with Gasteiger partial charge in [-0.2, -0.15) is 0 Å². The molecule has 1 aliphatic rings. The number of hydrogen-bond acceptors (Lipinski definition) is 5. The quantitative estimate of drug-likeness (QED) is 0.556. The van der Waals surface area contributed by atoms with Crippen LogP contribution in [0, 0.1) is 0 Å². The maximum absolute atomic E-state index is 10.9. The molecule has 5 heteroatoms. The van der Waals surface area contributed by atoms with Gasteiger partial charge in [-0.15, -0.1) is 0 Å². The molecule has 0 aliphatic carbocycles. The summed E-state index contributed by atoms with van der Waals surface area (Å²) in [6.07, 6.45) is 2.10. The van der Waals surface area contributed by atoms with E-state index in [1.165, 1.54) is 6.92 Å². The van der Waals surface area contributed by atoms with Crippen molar-refractivity contribution >= 4 is 12.3 Å². The monoisotopic (exact) mass is 258 g/mol. The lowest BCUT2D eigenvalue weighted by molar-refractivity contribution is -0.301. The molecule has 0 bridgehead atoms. The van der Waals surface area contributed by atoms with Gasteiger partial charge in [-0.1, -0.05) is 0 Å². The molecule has 1 fully saturated rings. The summed E-state index contributed by atoms with van der Waals surface area (Å²) in [5.74, 6) is -0.995. The summed E-state index contributed by atoms with van der Waals surface area (Å²) in [6.45, 7) is 6.88. The van der Waals surface area contributed by atoms with Crippen LogP contribution in [-0.2, 0) is 23.8 Å². The molecule has 1 rings (SSSR count). The summed E-state index contributed by atoms with van der Waals surface area (Å²) < 4.78 is 16.5. The summed E-state index contributed by atoms with van der Waals surface area (Å²) in [7, 11) is 0. The molecule has 0 N–H and O–H groups in total. The van der Waals surface area contributed by atoms with Gasteiger partial charge in [-0.3, -0.25) is 4.79 Å². The van der Waals surface area contributed by atoms with Gasteiger partial charge in [-0.05, 0) is 20.8 Å². The second kappa shape index (κ2) is 6.29. The van der Waals surface area contributed by atoms with E-state index in [9.17, 15) is 9.59 Å². The predicted molar refractivity (Wildman–Crippen MR) is 65.0 cm³/mol. The second-order valence-electron chi connectivity index (χ2n) is 5.17. The third-order valence-electron chi connectivity index (χ3n) is 2.75. The fraction of sp³-hybridized carbons (Fsp3) is 0.846. The maximum atomic E-state index is 10.9. The molecule has 104 valence electrons. The molecule has 0 aromatic rings. The Bertz CT molecular complexity index is 300. The molecule has 0 saturated carbocycles. The lowest BCUT2D eigenvalue weighted by Crippen LogP contribution is -2.45. The third-order valence-corrected chi connectivity index (χ3v) is 2.75. The van der Waals surface area contributed by atoms with Gasteiger partial charge in [0.05, 0.1) is 12.2 Å². The average molecular weight is 258 g/mol. The zero-order valence-corrected chi connectivity index (χ0v) is 11.5. The smallest absolute Gasteiger partial charge is 0.302 e. The van der Waals surface area contributed by atoms with E-state index in [4.69, 9.17) is 14.2 Å². The molecule has 0 unspecified atom stereocenters. The predicted octanol–water partition coefficient (Wildman–Crippen LogP) is 1.83. The largest absolute Gasteiger partial charge is 0.463 e. The zero-order valence-electron chi connectivity index (χ0n) is 11.5. The molecule has 0 aromatic carbocycles. The van der Waals surface area contributed by atoms with Gasteiger partial charge in [0.25, 0.3) is 0 Å². The van der Waals surface area contributed by atoms with Crippen molar-refractivity contribution in [1.82, 2.24) is 0 Å². The van der Waals surface area contributed by atoms with Gasteiger partial charge in [0.15, 0.2) is 5.79 Å². The molecule has 0 amide bonds. The fourth-order valence-electron chi connectivity index (χ4n) is 2.32. The van der Waals surface area contributed by atoms with Crippen LogP contribution < -0.4 is 0 Å². The van der Waals surface area contributed by atoms with E-state index in [0.717, 1.165) is 6.29 Å². The summed E-state index contributed by atoms with van der Waals surface area (Å²) in [5.41, 5.74) is 0. The van der Waals surface area contributed by atoms with Crippen molar-refractivity contribution in [2.75, 3.05) is 0 Å². The highest BCUT2D eigenvalue weighted by Crippen LogP contribution is 2.30. The lowest BCUT2D eigenvalue weighted by Gasteiger charge is -2.41. The molecule has 5 nitrogen and oxygen atoms in total. The normalized spacial score (nSPS) is 28.4. The lowest BCUT2D eigenvalue weighted by atomic mass is 10.0. The second-order valence-corrected chi connectivity index (χ2v) is 5.17. The Labute approximate surface area is 108 Å². The minimum atomic E-state index is -0.702. The van der Waals surface area contributed by atoms with Gasteiger partial charge in [0.1, 0.15) is 12.4 Å². The van der Waals surface area contributed by atoms with Crippen LogP contribution in [0.25, 0.3) is 0 Å². The van der Waals surface area contributed by atoms with Crippen LogP contribution in [0.1, 0.15) is 47.0 Å². The highest BCUT2D eigenvalue weighted by atomic mass is 16.7. The standard InChI is InChI=1S/C13H22O5/c1-9(16-10(2)15)7-12-8-11(5-6-14)17-13(3,4)18-12/h6,9,11-12H,5,7-8H2,1-4H3/t9-,11+,12-/m0/s1. The van der Waals surface area contributed by atoms with Gasteiger partial charge < -0.3 is 19.0 Å².